The Morgan fingerprint density at radius 2 is 1.59 bits per heavy atom. The van der Waals surface area contributed by atoms with Gasteiger partial charge in [-0.3, -0.25) is 9.52 Å². The van der Waals surface area contributed by atoms with Crippen LogP contribution in [0.1, 0.15) is 20.7 Å². The van der Waals surface area contributed by atoms with Crippen molar-refractivity contribution in [1.29, 1.82) is 0 Å². The van der Waals surface area contributed by atoms with E-state index in [1.165, 1.54) is 42.5 Å². The Bertz CT molecular complexity index is 1180. The predicted molar refractivity (Wildman–Crippen MR) is 105 cm³/mol. The molecule has 0 saturated carbocycles. The van der Waals surface area contributed by atoms with E-state index in [0.29, 0.717) is 0 Å². The largest absolute Gasteiger partial charge is 0.478 e. The van der Waals surface area contributed by atoms with Crippen LogP contribution in [-0.2, 0) is 10.0 Å². The third-order valence-corrected chi connectivity index (χ3v) is 5.30. The first kappa shape index (κ1) is 20.0. The average Bonchev–Trinajstić information content (AvgIpc) is 2.68. The van der Waals surface area contributed by atoms with E-state index in [1.54, 1.807) is 6.07 Å². The van der Waals surface area contributed by atoms with Gasteiger partial charge in [-0.1, -0.05) is 18.2 Å². The van der Waals surface area contributed by atoms with Gasteiger partial charge in [0.15, 0.2) is 0 Å². The zero-order chi connectivity index (χ0) is 21.0. The lowest BCUT2D eigenvalue weighted by Gasteiger charge is -2.11. The zero-order valence-corrected chi connectivity index (χ0v) is 15.6. The SMILES string of the molecule is O=C(Nc1ccccc1C(=O)O)c1cccc(NS(=O)(=O)c2ccc(F)cc2)c1. The van der Waals surface area contributed by atoms with Crippen molar-refractivity contribution in [2.45, 2.75) is 4.90 Å². The number of sulfonamides is 1. The van der Waals surface area contributed by atoms with Crippen molar-refractivity contribution in [3.8, 4) is 0 Å². The lowest BCUT2D eigenvalue weighted by molar-refractivity contribution is 0.0698. The van der Waals surface area contributed by atoms with E-state index >= 15 is 0 Å². The number of anilines is 2. The van der Waals surface area contributed by atoms with Crippen LogP contribution in [0, 0.1) is 5.82 Å². The number of nitrogens with one attached hydrogen (secondary N) is 2. The standard InChI is InChI=1S/C20H15FN2O5S/c21-14-8-10-16(11-9-14)29(27,28)23-15-5-3-4-13(12-15)19(24)22-18-7-2-1-6-17(18)20(25)26/h1-12,23H,(H,22,24)(H,25,26). The molecule has 0 unspecified atom stereocenters. The number of para-hydroxylation sites is 1. The predicted octanol–water partition coefficient (Wildman–Crippen LogP) is 3.58. The number of carboxylic acid groups (broad SMARTS) is 1. The molecular weight excluding hydrogens is 399 g/mol. The van der Waals surface area contributed by atoms with Gasteiger partial charge in [-0.25, -0.2) is 17.6 Å². The third-order valence-electron chi connectivity index (χ3n) is 3.91. The number of carboxylic acids is 1. The Hall–Kier alpha value is -3.72. The molecule has 0 aliphatic heterocycles. The topological polar surface area (TPSA) is 113 Å². The Morgan fingerprint density at radius 3 is 2.28 bits per heavy atom. The van der Waals surface area contributed by atoms with Gasteiger partial charge in [0.2, 0.25) is 0 Å². The van der Waals surface area contributed by atoms with Crippen molar-refractivity contribution < 1.29 is 27.5 Å². The van der Waals surface area contributed by atoms with Gasteiger partial charge in [0.25, 0.3) is 15.9 Å². The second-order valence-corrected chi connectivity index (χ2v) is 7.63. The van der Waals surface area contributed by atoms with Crippen LogP contribution in [-0.4, -0.2) is 25.4 Å². The van der Waals surface area contributed by atoms with E-state index in [1.807, 2.05) is 0 Å². The fraction of sp³-hybridized carbons (Fsp3) is 0. The van der Waals surface area contributed by atoms with Gasteiger partial charge in [-0.2, -0.15) is 0 Å². The molecule has 3 aromatic rings. The van der Waals surface area contributed by atoms with Crippen LogP contribution in [0.15, 0.2) is 77.7 Å². The summed E-state index contributed by atoms with van der Waals surface area (Å²) in [5.41, 5.74) is 0.273. The van der Waals surface area contributed by atoms with Gasteiger partial charge < -0.3 is 10.4 Å². The Balaban J connectivity index is 1.82. The number of amides is 1. The summed E-state index contributed by atoms with van der Waals surface area (Å²) in [7, 11) is -3.98. The molecule has 0 aliphatic carbocycles. The summed E-state index contributed by atoms with van der Waals surface area (Å²) < 4.78 is 40.1. The van der Waals surface area contributed by atoms with Crippen LogP contribution in [0.3, 0.4) is 0 Å². The molecule has 0 spiro atoms. The van der Waals surface area contributed by atoms with Crippen LogP contribution in [0.2, 0.25) is 0 Å². The molecule has 3 rings (SSSR count). The van der Waals surface area contributed by atoms with Crippen molar-refractivity contribution in [3.05, 3.63) is 89.7 Å². The molecule has 0 atom stereocenters. The molecule has 29 heavy (non-hydrogen) atoms. The molecule has 3 N–H and O–H groups in total. The van der Waals surface area contributed by atoms with E-state index in [9.17, 15) is 27.5 Å². The van der Waals surface area contributed by atoms with Crippen LogP contribution in [0.25, 0.3) is 0 Å². The van der Waals surface area contributed by atoms with Crippen LogP contribution in [0.4, 0.5) is 15.8 Å². The van der Waals surface area contributed by atoms with Crippen molar-refractivity contribution in [3.63, 3.8) is 0 Å². The summed E-state index contributed by atoms with van der Waals surface area (Å²) >= 11 is 0. The lowest BCUT2D eigenvalue weighted by Crippen LogP contribution is -2.16. The second-order valence-electron chi connectivity index (χ2n) is 5.95. The summed E-state index contributed by atoms with van der Waals surface area (Å²) in [6.07, 6.45) is 0. The molecule has 0 aliphatic rings. The lowest BCUT2D eigenvalue weighted by atomic mass is 10.1. The maximum absolute atomic E-state index is 13.0. The molecule has 1 amide bonds. The van der Waals surface area contributed by atoms with E-state index in [4.69, 9.17) is 0 Å². The smallest absolute Gasteiger partial charge is 0.337 e. The molecule has 0 saturated heterocycles. The van der Waals surface area contributed by atoms with E-state index < -0.39 is 27.7 Å². The minimum atomic E-state index is -3.98. The number of carbonyl (C=O) groups is 2. The van der Waals surface area contributed by atoms with Gasteiger partial charge in [0, 0.05) is 11.3 Å². The number of halogens is 1. The number of hydrogen-bond donors (Lipinski definition) is 3. The van der Waals surface area contributed by atoms with Crippen molar-refractivity contribution in [2.75, 3.05) is 10.0 Å². The number of hydrogen-bond acceptors (Lipinski definition) is 4. The second kappa shape index (κ2) is 8.11. The van der Waals surface area contributed by atoms with Gasteiger partial charge >= 0.3 is 5.97 Å². The first-order valence-electron chi connectivity index (χ1n) is 8.28. The minimum Gasteiger partial charge on any atom is -0.478 e. The highest BCUT2D eigenvalue weighted by Gasteiger charge is 2.16. The minimum absolute atomic E-state index is 0.0750. The molecule has 7 nitrogen and oxygen atoms in total. The van der Waals surface area contributed by atoms with Gasteiger partial charge in [0.05, 0.1) is 16.1 Å². The third kappa shape index (κ3) is 4.77. The molecule has 0 fully saturated rings. The Kier molecular flexibility index (Phi) is 5.60. The average molecular weight is 414 g/mol. The van der Waals surface area contributed by atoms with Crippen LogP contribution >= 0.6 is 0 Å². The van der Waals surface area contributed by atoms with E-state index in [-0.39, 0.29) is 27.4 Å². The normalized spacial score (nSPS) is 10.9. The first-order chi connectivity index (χ1) is 13.8. The molecule has 0 aromatic heterocycles. The van der Waals surface area contributed by atoms with Gasteiger partial charge in [0.1, 0.15) is 5.82 Å². The molecular formula is C20H15FN2O5S. The fourth-order valence-corrected chi connectivity index (χ4v) is 3.57. The number of rotatable bonds is 6. The van der Waals surface area contributed by atoms with Crippen LogP contribution < -0.4 is 10.0 Å². The van der Waals surface area contributed by atoms with E-state index in [0.717, 1.165) is 24.3 Å². The molecule has 0 radical (unpaired) electrons. The number of carbonyl (C=O) groups excluding carboxylic acids is 1. The molecule has 9 heteroatoms. The summed E-state index contributed by atoms with van der Waals surface area (Å²) in [5, 5.41) is 11.7. The molecule has 3 aromatic carbocycles. The molecule has 0 heterocycles. The van der Waals surface area contributed by atoms with Gasteiger partial charge in [-0.15, -0.1) is 0 Å². The first-order valence-corrected chi connectivity index (χ1v) is 9.77. The number of aromatic carboxylic acids is 1. The Labute approximate surface area is 165 Å². The summed E-state index contributed by atoms with van der Waals surface area (Å²) in [5.74, 6) is -2.37. The Morgan fingerprint density at radius 1 is 0.897 bits per heavy atom. The fourth-order valence-electron chi connectivity index (χ4n) is 2.52. The highest BCUT2D eigenvalue weighted by Crippen LogP contribution is 2.20. The highest BCUT2D eigenvalue weighted by molar-refractivity contribution is 7.92. The molecule has 0 bridgehead atoms. The summed E-state index contributed by atoms with van der Waals surface area (Å²) in [6, 6.07) is 15.9. The maximum Gasteiger partial charge on any atom is 0.337 e. The van der Waals surface area contributed by atoms with Crippen molar-refractivity contribution >= 4 is 33.3 Å². The van der Waals surface area contributed by atoms with Crippen molar-refractivity contribution in [1.82, 2.24) is 0 Å². The zero-order valence-electron chi connectivity index (χ0n) is 14.8. The van der Waals surface area contributed by atoms with Gasteiger partial charge in [-0.05, 0) is 54.6 Å². The van der Waals surface area contributed by atoms with Crippen LogP contribution in [0.5, 0.6) is 0 Å². The monoisotopic (exact) mass is 414 g/mol. The summed E-state index contributed by atoms with van der Waals surface area (Å²) in [4.78, 5) is 23.6. The highest BCUT2D eigenvalue weighted by atomic mass is 32.2. The quantitative estimate of drug-likeness (QED) is 0.571. The van der Waals surface area contributed by atoms with Crippen molar-refractivity contribution in [2.24, 2.45) is 0 Å². The number of benzene rings is 3. The molecule has 148 valence electrons. The maximum atomic E-state index is 13.0. The van der Waals surface area contributed by atoms with E-state index in [2.05, 4.69) is 10.0 Å². The summed E-state index contributed by atoms with van der Waals surface area (Å²) in [6.45, 7) is 0.